The molecular weight excluding hydrogens is 390 g/mol. The molecule has 0 aromatic heterocycles. The number of hydrogen-bond donors (Lipinski definition) is 0. The third-order valence-electron chi connectivity index (χ3n) is 6.36. The Hall–Kier alpha value is -2.86. The summed E-state index contributed by atoms with van der Waals surface area (Å²) in [5.41, 5.74) is 1.11. The molecule has 164 valence electrons. The van der Waals surface area contributed by atoms with Crippen molar-refractivity contribution in [1.29, 1.82) is 0 Å². The van der Waals surface area contributed by atoms with Gasteiger partial charge in [-0.25, -0.2) is 0 Å². The van der Waals surface area contributed by atoms with Crippen LogP contribution < -0.4 is 4.74 Å². The van der Waals surface area contributed by atoms with Crippen LogP contribution in [0.15, 0.2) is 60.7 Å². The summed E-state index contributed by atoms with van der Waals surface area (Å²) in [5.74, 6) is 0.853. The second kappa shape index (κ2) is 9.96. The van der Waals surface area contributed by atoms with E-state index in [-0.39, 0.29) is 23.8 Å². The van der Waals surface area contributed by atoms with E-state index >= 15 is 0 Å². The predicted molar refractivity (Wildman–Crippen MR) is 120 cm³/mol. The highest BCUT2D eigenvalue weighted by Crippen LogP contribution is 2.29. The number of amides is 2. The number of piperazine rings is 1. The van der Waals surface area contributed by atoms with E-state index in [4.69, 9.17) is 4.74 Å². The van der Waals surface area contributed by atoms with Gasteiger partial charge in [-0.05, 0) is 24.6 Å². The number of carbonyl (C=O) groups excluding carboxylic acids is 2. The molecule has 2 saturated heterocycles. The molecule has 2 atom stereocenters. The van der Waals surface area contributed by atoms with Gasteiger partial charge in [0.2, 0.25) is 11.8 Å². The molecule has 4 rings (SSSR count). The zero-order valence-corrected chi connectivity index (χ0v) is 18.2. The number of ether oxygens (including phenoxy) is 1. The minimum Gasteiger partial charge on any atom is -0.492 e. The molecule has 0 N–H and O–H groups in total. The first-order chi connectivity index (χ1) is 15.1. The molecule has 0 saturated carbocycles. The van der Waals surface area contributed by atoms with E-state index in [1.54, 1.807) is 0 Å². The van der Waals surface area contributed by atoms with Crippen LogP contribution in [-0.4, -0.2) is 72.4 Å². The topological polar surface area (TPSA) is 53.1 Å². The summed E-state index contributed by atoms with van der Waals surface area (Å²) in [6.45, 7) is 7.15. The van der Waals surface area contributed by atoms with Gasteiger partial charge in [-0.2, -0.15) is 0 Å². The van der Waals surface area contributed by atoms with Gasteiger partial charge in [0, 0.05) is 45.7 Å². The average molecular weight is 422 g/mol. The van der Waals surface area contributed by atoms with Crippen molar-refractivity contribution in [3.05, 3.63) is 66.2 Å². The van der Waals surface area contributed by atoms with Crippen molar-refractivity contribution in [1.82, 2.24) is 14.7 Å². The lowest BCUT2D eigenvalue weighted by Gasteiger charge is -2.35. The normalized spacial score (nSPS) is 20.7. The quantitative estimate of drug-likeness (QED) is 0.690. The van der Waals surface area contributed by atoms with Crippen molar-refractivity contribution in [3.8, 4) is 5.75 Å². The van der Waals surface area contributed by atoms with Crippen LogP contribution in [0.5, 0.6) is 5.75 Å². The van der Waals surface area contributed by atoms with Crippen LogP contribution in [0.25, 0.3) is 0 Å². The molecule has 2 aliphatic heterocycles. The van der Waals surface area contributed by atoms with E-state index < -0.39 is 0 Å². The van der Waals surface area contributed by atoms with Crippen LogP contribution >= 0.6 is 0 Å². The Morgan fingerprint density at radius 1 is 1.00 bits per heavy atom. The molecule has 6 heteroatoms. The Morgan fingerprint density at radius 2 is 1.65 bits per heavy atom. The Morgan fingerprint density at radius 3 is 2.32 bits per heavy atom. The van der Waals surface area contributed by atoms with Gasteiger partial charge in [-0.3, -0.25) is 14.5 Å². The molecule has 0 unspecified atom stereocenters. The number of rotatable bonds is 7. The second-order valence-corrected chi connectivity index (χ2v) is 8.36. The highest BCUT2D eigenvalue weighted by atomic mass is 16.5. The van der Waals surface area contributed by atoms with Crippen LogP contribution in [0.4, 0.5) is 0 Å². The second-order valence-electron chi connectivity index (χ2n) is 8.36. The summed E-state index contributed by atoms with van der Waals surface area (Å²) in [7, 11) is 0. The molecule has 2 heterocycles. The summed E-state index contributed by atoms with van der Waals surface area (Å²) in [5, 5.41) is 0. The van der Waals surface area contributed by atoms with E-state index in [9.17, 15) is 9.59 Å². The lowest BCUT2D eigenvalue weighted by molar-refractivity contribution is -0.137. The molecule has 0 spiro atoms. The van der Waals surface area contributed by atoms with Crippen LogP contribution in [0.2, 0.25) is 0 Å². The third-order valence-corrected chi connectivity index (χ3v) is 6.36. The monoisotopic (exact) mass is 421 g/mol. The largest absolute Gasteiger partial charge is 0.492 e. The van der Waals surface area contributed by atoms with Crippen LogP contribution in [0, 0.1) is 5.92 Å². The van der Waals surface area contributed by atoms with E-state index in [1.807, 2.05) is 77.4 Å². The van der Waals surface area contributed by atoms with E-state index in [0.29, 0.717) is 32.7 Å². The average Bonchev–Trinajstić information content (AvgIpc) is 3.21. The Balaban J connectivity index is 1.23. The van der Waals surface area contributed by atoms with Crippen molar-refractivity contribution < 1.29 is 14.3 Å². The highest BCUT2D eigenvalue weighted by Gasteiger charge is 2.39. The van der Waals surface area contributed by atoms with Gasteiger partial charge in [-0.15, -0.1) is 0 Å². The summed E-state index contributed by atoms with van der Waals surface area (Å²) in [4.78, 5) is 31.8. The maximum Gasteiger partial charge on any atom is 0.228 e. The van der Waals surface area contributed by atoms with E-state index in [1.165, 1.54) is 0 Å². The van der Waals surface area contributed by atoms with Crippen molar-refractivity contribution in [2.75, 3.05) is 45.9 Å². The Bertz CT molecular complexity index is 866. The Labute approximate surface area is 184 Å². The number of hydrogen-bond acceptors (Lipinski definition) is 4. The first kappa shape index (κ1) is 21.4. The number of carbonyl (C=O) groups is 2. The molecule has 0 aliphatic carbocycles. The van der Waals surface area contributed by atoms with Gasteiger partial charge < -0.3 is 14.5 Å². The fourth-order valence-electron chi connectivity index (χ4n) is 4.44. The SMILES string of the molecule is C[C@H](c1ccccc1)N1C[C@H](C(=O)N2CCN(CCOc3ccccc3)CC2)CC1=O. The molecule has 31 heavy (non-hydrogen) atoms. The molecule has 2 aromatic rings. The van der Waals surface area contributed by atoms with Gasteiger partial charge in [0.1, 0.15) is 12.4 Å². The molecule has 2 aromatic carbocycles. The van der Waals surface area contributed by atoms with Crippen molar-refractivity contribution in [2.45, 2.75) is 19.4 Å². The van der Waals surface area contributed by atoms with Crippen molar-refractivity contribution in [3.63, 3.8) is 0 Å². The lowest BCUT2D eigenvalue weighted by Crippen LogP contribution is -2.51. The number of para-hydroxylation sites is 1. The minimum absolute atomic E-state index is 0.00652. The lowest BCUT2D eigenvalue weighted by atomic mass is 10.1. The number of likely N-dealkylation sites (tertiary alicyclic amines) is 1. The minimum atomic E-state index is -0.230. The predicted octanol–water partition coefficient (Wildman–Crippen LogP) is 2.82. The standard InChI is InChI=1S/C25H31N3O3/c1-20(21-8-4-2-5-9-21)28-19-22(18-24(28)29)25(30)27-14-12-26(13-15-27)16-17-31-23-10-6-3-7-11-23/h2-11,20,22H,12-19H2,1H3/t20-,22-/m1/s1. The Kier molecular flexibility index (Phi) is 6.87. The molecular formula is C25H31N3O3. The summed E-state index contributed by atoms with van der Waals surface area (Å²) < 4.78 is 5.78. The van der Waals surface area contributed by atoms with Gasteiger partial charge in [0.15, 0.2) is 0 Å². The number of nitrogens with zero attached hydrogens (tertiary/aromatic N) is 3. The highest BCUT2D eigenvalue weighted by molar-refractivity contribution is 5.89. The number of benzene rings is 2. The van der Waals surface area contributed by atoms with E-state index in [0.717, 1.165) is 30.9 Å². The fourth-order valence-corrected chi connectivity index (χ4v) is 4.44. The van der Waals surface area contributed by atoms with Gasteiger partial charge in [0.05, 0.1) is 12.0 Å². The summed E-state index contributed by atoms with van der Waals surface area (Å²) >= 11 is 0. The molecule has 0 radical (unpaired) electrons. The van der Waals surface area contributed by atoms with Gasteiger partial charge >= 0.3 is 0 Å². The molecule has 2 fully saturated rings. The van der Waals surface area contributed by atoms with Crippen LogP contribution in [-0.2, 0) is 9.59 Å². The zero-order valence-electron chi connectivity index (χ0n) is 18.2. The summed E-state index contributed by atoms with van der Waals surface area (Å²) in [6, 6.07) is 19.8. The van der Waals surface area contributed by atoms with Crippen molar-refractivity contribution in [2.24, 2.45) is 5.92 Å². The zero-order chi connectivity index (χ0) is 21.6. The third kappa shape index (κ3) is 5.25. The van der Waals surface area contributed by atoms with Gasteiger partial charge in [0.25, 0.3) is 0 Å². The van der Waals surface area contributed by atoms with Crippen LogP contribution in [0.3, 0.4) is 0 Å². The molecule has 2 amide bonds. The van der Waals surface area contributed by atoms with Crippen LogP contribution in [0.1, 0.15) is 24.9 Å². The fraction of sp³-hybridized carbons (Fsp3) is 0.440. The van der Waals surface area contributed by atoms with Crippen molar-refractivity contribution >= 4 is 11.8 Å². The van der Waals surface area contributed by atoms with Gasteiger partial charge in [-0.1, -0.05) is 48.5 Å². The molecule has 2 aliphatic rings. The molecule has 0 bridgehead atoms. The van der Waals surface area contributed by atoms with E-state index in [2.05, 4.69) is 4.90 Å². The first-order valence-corrected chi connectivity index (χ1v) is 11.1. The maximum absolute atomic E-state index is 13.1. The first-order valence-electron chi connectivity index (χ1n) is 11.1. The molecule has 6 nitrogen and oxygen atoms in total. The maximum atomic E-state index is 13.1. The smallest absolute Gasteiger partial charge is 0.228 e. The summed E-state index contributed by atoms with van der Waals surface area (Å²) in [6.07, 6.45) is 0.321.